The Kier molecular flexibility index (Phi) is 4.42. The van der Waals surface area contributed by atoms with Gasteiger partial charge in [-0.2, -0.15) is 10.2 Å². The third-order valence-corrected chi connectivity index (χ3v) is 5.00. The summed E-state index contributed by atoms with van der Waals surface area (Å²) in [7, 11) is 0. The van der Waals surface area contributed by atoms with Crippen LogP contribution in [0, 0.1) is 6.92 Å². The van der Waals surface area contributed by atoms with E-state index in [9.17, 15) is 4.79 Å². The molecule has 3 aromatic rings. The van der Waals surface area contributed by atoms with Crippen molar-refractivity contribution in [2.45, 2.75) is 32.2 Å². The summed E-state index contributed by atoms with van der Waals surface area (Å²) in [5.41, 5.74) is 3.12. The van der Waals surface area contributed by atoms with Gasteiger partial charge in [-0.25, -0.2) is 9.50 Å². The lowest BCUT2D eigenvalue weighted by Crippen LogP contribution is -2.39. The van der Waals surface area contributed by atoms with Crippen LogP contribution in [0.2, 0.25) is 0 Å². The molecular weight excluding hydrogens is 332 g/mol. The van der Waals surface area contributed by atoms with Crippen LogP contribution in [-0.2, 0) is 6.54 Å². The number of likely N-dealkylation sites (tertiary alicyclic amines) is 1. The quantitative estimate of drug-likeness (QED) is 0.762. The monoisotopic (exact) mass is 354 g/mol. The summed E-state index contributed by atoms with van der Waals surface area (Å²) in [5, 5.41) is 17.8. The average molecular weight is 354 g/mol. The molecule has 1 atom stereocenters. The Balaban J connectivity index is 1.54. The maximum Gasteiger partial charge on any atom is 0.257 e. The van der Waals surface area contributed by atoms with Crippen LogP contribution in [0.1, 0.15) is 40.5 Å². The van der Waals surface area contributed by atoms with Crippen LogP contribution in [0.3, 0.4) is 0 Å². The molecule has 26 heavy (non-hydrogen) atoms. The highest BCUT2D eigenvalue weighted by Gasteiger charge is 2.28. The second kappa shape index (κ2) is 6.87. The SMILES string of the molecule is Cc1c(C(=O)N2CCC[C@H](c3ccn(CCO)n3)C2)cnc2ccnn12. The van der Waals surface area contributed by atoms with E-state index in [1.807, 2.05) is 30.2 Å². The molecule has 0 saturated carbocycles. The fraction of sp³-hybridized carbons (Fsp3) is 0.444. The maximum absolute atomic E-state index is 13.1. The maximum atomic E-state index is 13.1. The van der Waals surface area contributed by atoms with Gasteiger partial charge < -0.3 is 10.0 Å². The van der Waals surface area contributed by atoms with Crippen LogP contribution in [0.15, 0.2) is 30.7 Å². The van der Waals surface area contributed by atoms with Crippen molar-refractivity contribution in [3.8, 4) is 0 Å². The number of aromatic nitrogens is 5. The minimum atomic E-state index is -0.00751. The molecule has 8 nitrogen and oxygen atoms in total. The summed E-state index contributed by atoms with van der Waals surface area (Å²) >= 11 is 0. The van der Waals surface area contributed by atoms with Crippen LogP contribution >= 0.6 is 0 Å². The van der Waals surface area contributed by atoms with Crippen LogP contribution in [0.5, 0.6) is 0 Å². The standard InChI is InChI=1S/C18H22N6O2/c1-13-15(11-19-17-4-6-20-24(13)17)18(26)22-7-2-3-14(12-22)16-5-8-23(21-16)9-10-25/h4-6,8,11,14,25H,2-3,7,9-10,12H2,1H3/t14-/m0/s1. The molecule has 1 saturated heterocycles. The topological polar surface area (TPSA) is 88.5 Å². The number of nitrogens with zero attached hydrogens (tertiary/aromatic N) is 6. The number of aliphatic hydroxyl groups excluding tert-OH is 1. The van der Waals surface area contributed by atoms with Gasteiger partial charge in [0.05, 0.1) is 36.3 Å². The molecule has 1 fully saturated rings. The zero-order valence-electron chi connectivity index (χ0n) is 14.7. The zero-order valence-corrected chi connectivity index (χ0v) is 14.7. The number of carbonyl (C=O) groups excluding carboxylic acids is 1. The molecule has 0 aromatic carbocycles. The summed E-state index contributed by atoms with van der Waals surface area (Å²) in [6, 6.07) is 3.80. The van der Waals surface area contributed by atoms with E-state index in [0.29, 0.717) is 18.7 Å². The van der Waals surface area contributed by atoms with Crippen molar-refractivity contribution in [2.24, 2.45) is 0 Å². The van der Waals surface area contributed by atoms with Crippen LogP contribution in [0.4, 0.5) is 0 Å². The molecular formula is C18H22N6O2. The molecule has 0 radical (unpaired) electrons. The molecule has 4 heterocycles. The Bertz CT molecular complexity index is 931. The van der Waals surface area contributed by atoms with Crippen molar-refractivity contribution in [3.05, 3.63) is 47.7 Å². The van der Waals surface area contributed by atoms with Crippen LogP contribution in [0.25, 0.3) is 5.65 Å². The molecule has 1 N–H and O–H groups in total. The number of aryl methyl sites for hydroxylation is 1. The summed E-state index contributed by atoms with van der Waals surface area (Å²) in [5.74, 6) is 0.209. The third-order valence-electron chi connectivity index (χ3n) is 5.00. The number of amides is 1. The van der Waals surface area contributed by atoms with Gasteiger partial charge in [-0.1, -0.05) is 0 Å². The van der Waals surface area contributed by atoms with Gasteiger partial charge in [0.25, 0.3) is 5.91 Å². The predicted molar refractivity (Wildman–Crippen MR) is 94.9 cm³/mol. The summed E-state index contributed by atoms with van der Waals surface area (Å²) in [4.78, 5) is 19.3. The van der Waals surface area contributed by atoms with E-state index in [1.165, 1.54) is 0 Å². The van der Waals surface area contributed by atoms with Gasteiger partial charge in [-0.05, 0) is 25.8 Å². The van der Waals surface area contributed by atoms with E-state index in [1.54, 1.807) is 21.6 Å². The van der Waals surface area contributed by atoms with E-state index in [4.69, 9.17) is 5.11 Å². The van der Waals surface area contributed by atoms with Crippen molar-refractivity contribution < 1.29 is 9.90 Å². The molecule has 0 aliphatic carbocycles. The van der Waals surface area contributed by atoms with Crippen molar-refractivity contribution in [2.75, 3.05) is 19.7 Å². The highest BCUT2D eigenvalue weighted by molar-refractivity contribution is 5.95. The number of fused-ring (bicyclic) bond motifs is 1. The van der Waals surface area contributed by atoms with E-state index in [0.717, 1.165) is 36.4 Å². The lowest BCUT2D eigenvalue weighted by atomic mass is 9.94. The number of piperidine rings is 1. The van der Waals surface area contributed by atoms with E-state index in [2.05, 4.69) is 15.2 Å². The molecule has 1 amide bonds. The molecule has 4 rings (SSSR count). The molecule has 0 spiro atoms. The highest BCUT2D eigenvalue weighted by Crippen LogP contribution is 2.27. The number of rotatable bonds is 4. The first-order chi connectivity index (χ1) is 12.7. The van der Waals surface area contributed by atoms with Gasteiger partial charge in [-0.3, -0.25) is 9.48 Å². The minimum Gasteiger partial charge on any atom is -0.394 e. The largest absolute Gasteiger partial charge is 0.394 e. The fourth-order valence-corrected chi connectivity index (χ4v) is 3.60. The van der Waals surface area contributed by atoms with Gasteiger partial charge in [0.2, 0.25) is 0 Å². The number of carbonyl (C=O) groups is 1. The van der Waals surface area contributed by atoms with Gasteiger partial charge in [-0.15, -0.1) is 0 Å². The van der Waals surface area contributed by atoms with Crippen molar-refractivity contribution in [1.82, 2.24) is 29.3 Å². The van der Waals surface area contributed by atoms with E-state index in [-0.39, 0.29) is 18.4 Å². The Hall–Kier alpha value is -2.74. The Morgan fingerprint density at radius 1 is 1.38 bits per heavy atom. The average Bonchev–Trinajstić information content (AvgIpc) is 3.32. The van der Waals surface area contributed by atoms with Gasteiger partial charge in [0.15, 0.2) is 5.65 Å². The molecule has 1 aliphatic rings. The number of hydrogen-bond donors (Lipinski definition) is 1. The molecule has 0 unspecified atom stereocenters. The number of hydrogen-bond acceptors (Lipinski definition) is 5. The van der Waals surface area contributed by atoms with Crippen LogP contribution < -0.4 is 0 Å². The second-order valence-electron chi connectivity index (χ2n) is 6.68. The first kappa shape index (κ1) is 16.7. The van der Waals surface area contributed by atoms with Crippen molar-refractivity contribution in [3.63, 3.8) is 0 Å². The van der Waals surface area contributed by atoms with Crippen molar-refractivity contribution in [1.29, 1.82) is 0 Å². The molecule has 0 bridgehead atoms. The van der Waals surface area contributed by atoms with Gasteiger partial charge >= 0.3 is 0 Å². The summed E-state index contributed by atoms with van der Waals surface area (Å²) in [6.07, 6.45) is 7.17. The smallest absolute Gasteiger partial charge is 0.257 e. The fourth-order valence-electron chi connectivity index (χ4n) is 3.60. The second-order valence-corrected chi connectivity index (χ2v) is 6.68. The molecule has 8 heteroatoms. The normalized spacial score (nSPS) is 17.8. The molecule has 136 valence electrons. The summed E-state index contributed by atoms with van der Waals surface area (Å²) < 4.78 is 3.45. The van der Waals surface area contributed by atoms with E-state index >= 15 is 0 Å². The lowest BCUT2D eigenvalue weighted by molar-refractivity contribution is 0.0703. The molecule has 1 aliphatic heterocycles. The van der Waals surface area contributed by atoms with E-state index < -0.39 is 0 Å². The Morgan fingerprint density at radius 3 is 3.12 bits per heavy atom. The molecule has 3 aromatic heterocycles. The summed E-state index contributed by atoms with van der Waals surface area (Å²) in [6.45, 7) is 3.84. The number of aliphatic hydroxyl groups is 1. The highest BCUT2D eigenvalue weighted by atomic mass is 16.3. The first-order valence-electron chi connectivity index (χ1n) is 8.90. The van der Waals surface area contributed by atoms with Crippen LogP contribution in [-0.4, -0.2) is 60.0 Å². The minimum absolute atomic E-state index is 0.00751. The lowest BCUT2D eigenvalue weighted by Gasteiger charge is -2.32. The Labute approximate surface area is 151 Å². The zero-order chi connectivity index (χ0) is 18.1. The predicted octanol–water partition coefficient (Wildman–Crippen LogP) is 1.25. The van der Waals surface area contributed by atoms with Gasteiger partial charge in [0, 0.05) is 37.5 Å². The Morgan fingerprint density at radius 2 is 2.27 bits per heavy atom. The third kappa shape index (κ3) is 2.96. The van der Waals surface area contributed by atoms with Crippen molar-refractivity contribution >= 4 is 11.6 Å². The first-order valence-corrected chi connectivity index (χ1v) is 8.90. The van der Waals surface area contributed by atoms with Gasteiger partial charge in [0.1, 0.15) is 0 Å².